The molecule has 86 valence electrons. The second-order valence-corrected chi connectivity index (χ2v) is 5.23. The van der Waals surface area contributed by atoms with E-state index in [0.29, 0.717) is 0 Å². The van der Waals surface area contributed by atoms with Gasteiger partial charge < -0.3 is 4.43 Å². The summed E-state index contributed by atoms with van der Waals surface area (Å²) in [6.07, 6.45) is 6.41. The number of hydrogen-bond donors (Lipinski definition) is 0. The molecule has 16 heavy (non-hydrogen) atoms. The lowest BCUT2D eigenvalue weighted by molar-refractivity contribution is 0.304. The minimum atomic E-state index is 0.00849. The molecule has 0 unspecified atom stereocenters. The van der Waals surface area contributed by atoms with Gasteiger partial charge in [-0.1, -0.05) is 56.0 Å². The van der Waals surface area contributed by atoms with Crippen LogP contribution in [0.5, 0.6) is 0 Å². The Hall–Kier alpha value is -1.12. The van der Waals surface area contributed by atoms with Gasteiger partial charge in [-0.3, -0.25) is 0 Å². The van der Waals surface area contributed by atoms with Crippen LogP contribution in [0, 0.1) is 0 Å². The molecule has 0 radical (unpaired) electrons. The molecule has 0 aromatic heterocycles. The summed E-state index contributed by atoms with van der Waals surface area (Å²) in [5.41, 5.74) is 2.27. The first-order valence-corrected chi connectivity index (χ1v) is 7.38. The Labute approximate surface area is 101 Å². The Morgan fingerprint density at radius 3 is 1.94 bits per heavy atom. The van der Waals surface area contributed by atoms with E-state index in [0.717, 1.165) is 17.7 Å². The maximum absolute atomic E-state index is 5.21. The fourth-order valence-electron chi connectivity index (χ4n) is 1.57. The summed E-state index contributed by atoms with van der Waals surface area (Å²) < 4.78 is 5.21. The fraction of sp³-hybridized carbons (Fsp3) is 0.286. The van der Waals surface area contributed by atoms with Crippen LogP contribution in [-0.2, 0) is 4.43 Å². The summed E-state index contributed by atoms with van der Waals surface area (Å²) in [5, 5.41) is 0. The molecule has 2 heteroatoms. The van der Waals surface area contributed by atoms with E-state index in [-0.39, 0.29) is 9.76 Å². The van der Waals surface area contributed by atoms with E-state index >= 15 is 0 Å². The first-order valence-electron chi connectivity index (χ1n) is 5.80. The maximum atomic E-state index is 5.21. The number of benzene rings is 1. The van der Waals surface area contributed by atoms with Crippen LogP contribution in [0.1, 0.15) is 24.0 Å². The molecule has 2 rings (SSSR count). The third-order valence-corrected chi connectivity index (χ3v) is 3.88. The minimum Gasteiger partial charge on any atom is -0.424 e. The lowest BCUT2D eigenvalue weighted by Gasteiger charge is -2.07. The van der Waals surface area contributed by atoms with E-state index in [2.05, 4.69) is 13.2 Å². The molecular formula is C14H20OSi. The van der Waals surface area contributed by atoms with Gasteiger partial charge in [0.25, 0.3) is 0 Å². The van der Waals surface area contributed by atoms with Gasteiger partial charge in [0.1, 0.15) is 0 Å². The van der Waals surface area contributed by atoms with Crippen molar-refractivity contribution >= 4 is 21.9 Å². The highest BCUT2D eigenvalue weighted by molar-refractivity contribution is 6.27. The molecule has 0 bridgehead atoms. The predicted octanol–water partition coefficient (Wildman–Crippen LogP) is 3.27. The number of hydrogen-bond acceptors (Lipinski definition) is 1. The molecule has 0 N–H and O–H groups in total. The monoisotopic (exact) mass is 232 g/mol. The Kier molecular flexibility index (Phi) is 6.54. The second-order valence-electron chi connectivity index (χ2n) is 3.71. The molecule has 1 aromatic carbocycles. The minimum absolute atomic E-state index is 0.00849. The van der Waals surface area contributed by atoms with E-state index < -0.39 is 0 Å². The third kappa shape index (κ3) is 4.60. The molecule has 1 fully saturated rings. The van der Waals surface area contributed by atoms with Crippen LogP contribution < -0.4 is 0 Å². The molecule has 1 aromatic rings. The van der Waals surface area contributed by atoms with Gasteiger partial charge in [-0.15, -0.1) is 0 Å². The van der Waals surface area contributed by atoms with Crippen molar-refractivity contribution in [2.45, 2.75) is 18.9 Å². The van der Waals surface area contributed by atoms with Crippen LogP contribution in [0.4, 0.5) is 0 Å². The van der Waals surface area contributed by atoms with Crippen LogP contribution in [0.25, 0.3) is 12.2 Å². The molecule has 0 amide bonds. The van der Waals surface area contributed by atoms with Gasteiger partial charge in [0.15, 0.2) is 9.76 Å². The van der Waals surface area contributed by atoms with E-state index in [1.54, 1.807) is 0 Å². The smallest absolute Gasteiger partial charge is 0.161 e. The van der Waals surface area contributed by atoms with E-state index in [1.807, 2.05) is 36.4 Å². The summed E-state index contributed by atoms with van der Waals surface area (Å²) in [6, 6.07) is 9.43. The number of rotatable bonds is 2. The molecule has 1 saturated heterocycles. The van der Waals surface area contributed by atoms with Crippen molar-refractivity contribution in [2.24, 2.45) is 0 Å². The SMILES string of the molecule is C1CC[SiH2]OC1.C=Cc1ccccc1C=C. The van der Waals surface area contributed by atoms with Crippen LogP contribution >= 0.6 is 0 Å². The van der Waals surface area contributed by atoms with Gasteiger partial charge in [-0.2, -0.15) is 0 Å². The van der Waals surface area contributed by atoms with Gasteiger partial charge in [-0.05, 0) is 23.6 Å². The molecule has 0 spiro atoms. The van der Waals surface area contributed by atoms with Crippen molar-refractivity contribution in [2.75, 3.05) is 6.61 Å². The zero-order chi connectivity index (χ0) is 11.6. The van der Waals surface area contributed by atoms with Crippen LogP contribution in [-0.4, -0.2) is 16.4 Å². The first-order chi connectivity index (χ1) is 7.88. The van der Waals surface area contributed by atoms with Gasteiger partial charge in [0.2, 0.25) is 0 Å². The summed E-state index contributed by atoms with van der Waals surface area (Å²) in [4.78, 5) is 0. The van der Waals surface area contributed by atoms with Gasteiger partial charge >= 0.3 is 0 Å². The Balaban J connectivity index is 0.000000181. The van der Waals surface area contributed by atoms with Gasteiger partial charge in [0.05, 0.1) is 0 Å². The lowest BCUT2D eigenvalue weighted by Crippen LogP contribution is -2.06. The van der Waals surface area contributed by atoms with Crippen molar-refractivity contribution in [1.82, 2.24) is 0 Å². The highest BCUT2D eigenvalue weighted by Gasteiger charge is 1.96. The maximum Gasteiger partial charge on any atom is 0.161 e. The average Bonchev–Trinajstić information content (AvgIpc) is 2.41. The van der Waals surface area contributed by atoms with Gasteiger partial charge in [0, 0.05) is 6.61 Å². The normalized spacial score (nSPS) is 16.0. The van der Waals surface area contributed by atoms with Crippen molar-refractivity contribution in [3.8, 4) is 0 Å². The van der Waals surface area contributed by atoms with Crippen molar-refractivity contribution in [3.05, 3.63) is 48.6 Å². The highest BCUT2D eigenvalue weighted by atomic mass is 28.2. The summed E-state index contributed by atoms with van der Waals surface area (Å²) in [5.74, 6) is 0. The summed E-state index contributed by atoms with van der Waals surface area (Å²) in [6.45, 7) is 8.45. The lowest BCUT2D eigenvalue weighted by atomic mass is 10.1. The molecule has 0 aliphatic carbocycles. The van der Waals surface area contributed by atoms with E-state index in [9.17, 15) is 0 Å². The molecule has 0 atom stereocenters. The molecular weight excluding hydrogens is 212 g/mol. The fourth-order valence-corrected chi connectivity index (χ4v) is 2.74. The largest absolute Gasteiger partial charge is 0.424 e. The zero-order valence-corrected chi connectivity index (χ0v) is 11.2. The first kappa shape index (κ1) is 12.9. The quantitative estimate of drug-likeness (QED) is 0.711. The van der Waals surface area contributed by atoms with Crippen LogP contribution in [0.2, 0.25) is 6.04 Å². The Bertz CT molecular complexity index is 291. The predicted molar refractivity (Wildman–Crippen MR) is 75.2 cm³/mol. The molecule has 1 aliphatic rings. The van der Waals surface area contributed by atoms with Crippen molar-refractivity contribution in [3.63, 3.8) is 0 Å². The standard InChI is InChI=1S/C10H10.C4H10OSi/c1-3-9-7-5-6-8-10(9)4-2;1-2-4-6-5-3-1/h3-8H,1-2H2;1-4,6H2. The van der Waals surface area contributed by atoms with Crippen molar-refractivity contribution < 1.29 is 4.43 Å². The second kappa shape index (κ2) is 8.08. The van der Waals surface area contributed by atoms with Crippen molar-refractivity contribution in [1.29, 1.82) is 0 Å². The molecule has 1 heterocycles. The molecule has 1 aliphatic heterocycles. The van der Waals surface area contributed by atoms with E-state index in [4.69, 9.17) is 4.43 Å². The van der Waals surface area contributed by atoms with Gasteiger partial charge in [-0.25, -0.2) is 0 Å². The van der Waals surface area contributed by atoms with Crippen LogP contribution in [0.3, 0.4) is 0 Å². The zero-order valence-electron chi connectivity index (χ0n) is 9.82. The average molecular weight is 232 g/mol. The summed E-state index contributed by atoms with van der Waals surface area (Å²) >= 11 is 0. The Morgan fingerprint density at radius 1 is 1.06 bits per heavy atom. The highest BCUT2D eigenvalue weighted by Crippen LogP contribution is 2.10. The molecule has 1 nitrogen and oxygen atoms in total. The topological polar surface area (TPSA) is 9.23 Å². The summed E-state index contributed by atoms with van der Waals surface area (Å²) in [7, 11) is 0.00849. The Morgan fingerprint density at radius 2 is 1.69 bits per heavy atom. The van der Waals surface area contributed by atoms with E-state index in [1.165, 1.54) is 18.9 Å². The van der Waals surface area contributed by atoms with Crippen LogP contribution in [0.15, 0.2) is 37.4 Å². The molecule has 0 saturated carbocycles. The third-order valence-electron chi connectivity index (χ3n) is 2.51.